The third kappa shape index (κ3) is 4.47. The Morgan fingerprint density at radius 1 is 1.23 bits per heavy atom. The minimum atomic E-state index is -0.266. The zero-order valence-corrected chi connectivity index (χ0v) is 16.6. The molecular formula is C20H27N3O2S. The lowest BCUT2D eigenvalue weighted by Gasteiger charge is -2.26. The summed E-state index contributed by atoms with van der Waals surface area (Å²) in [7, 11) is 0. The standard InChI is InChI=1S/C20H27N3O2S/c1-20(2,3)22-17(24)13-26-19-21-16-12-8-7-11-15(16)18(25)23(19)14-9-5-4-6-10-14/h7-8,11-12,14H,4-6,9-10,13H2,1-3H3,(H,22,24). The highest BCUT2D eigenvalue weighted by Crippen LogP contribution is 2.31. The van der Waals surface area contributed by atoms with Crippen LogP contribution in [0.25, 0.3) is 10.9 Å². The van der Waals surface area contributed by atoms with Gasteiger partial charge in [-0.05, 0) is 45.7 Å². The van der Waals surface area contributed by atoms with E-state index in [9.17, 15) is 9.59 Å². The van der Waals surface area contributed by atoms with Crippen LogP contribution in [0.15, 0.2) is 34.2 Å². The topological polar surface area (TPSA) is 64.0 Å². The van der Waals surface area contributed by atoms with Crippen molar-refractivity contribution in [1.82, 2.24) is 14.9 Å². The van der Waals surface area contributed by atoms with Gasteiger partial charge >= 0.3 is 0 Å². The lowest BCUT2D eigenvalue weighted by atomic mass is 9.95. The number of nitrogens with zero attached hydrogens (tertiary/aromatic N) is 2. The summed E-state index contributed by atoms with van der Waals surface area (Å²) in [5.74, 6) is 0.217. The summed E-state index contributed by atoms with van der Waals surface area (Å²) in [5.41, 5.74) is 0.446. The molecule has 5 nitrogen and oxygen atoms in total. The fourth-order valence-corrected chi connectivity index (χ4v) is 4.34. The summed E-state index contributed by atoms with van der Waals surface area (Å²) in [5, 5.41) is 4.28. The number of carbonyl (C=O) groups is 1. The van der Waals surface area contributed by atoms with Crippen LogP contribution in [-0.4, -0.2) is 26.8 Å². The maximum atomic E-state index is 13.1. The van der Waals surface area contributed by atoms with Crippen molar-refractivity contribution < 1.29 is 4.79 Å². The van der Waals surface area contributed by atoms with E-state index in [1.54, 1.807) is 0 Å². The van der Waals surface area contributed by atoms with Gasteiger partial charge in [0.1, 0.15) is 0 Å². The van der Waals surface area contributed by atoms with Crippen molar-refractivity contribution in [3.63, 3.8) is 0 Å². The second-order valence-electron chi connectivity index (χ2n) is 7.97. The molecule has 1 heterocycles. The highest BCUT2D eigenvalue weighted by molar-refractivity contribution is 7.99. The maximum Gasteiger partial charge on any atom is 0.262 e. The first-order valence-corrected chi connectivity index (χ1v) is 10.3. The molecular weight excluding hydrogens is 346 g/mol. The van der Waals surface area contributed by atoms with E-state index < -0.39 is 0 Å². The van der Waals surface area contributed by atoms with E-state index in [1.165, 1.54) is 18.2 Å². The molecule has 1 fully saturated rings. The molecule has 0 atom stereocenters. The molecule has 3 rings (SSSR count). The fraction of sp³-hybridized carbons (Fsp3) is 0.550. The number of carbonyl (C=O) groups excluding carboxylic acids is 1. The lowest BCUT2D eigenvalue weighted by molar-refractivity contribution is -0.119. The average molecular weight is 374 g/mol. The zero-order valence-electron chi connectivity index (χ0n) is 15.7. The molecule has 1 aromatic carbocycles. The fourth-order valence-electron chi connectivity index (χ4n) is 3.47. The van der Waals surface area contributed by atoms with Gasteiger partial charge in [0.25, 0.3) is 5.56 Å². The van der Waals surface area contributed by atoms with Gasteiger partial charge < -0.3 is 5.32 Å². The molecule has 6 heteroatoms. The van der Waals surface area contributed by atoms with E-state index in [1.807, 2.05) is 49.6 Å². The lowest BCUT2D eigenvalue weighted by Crippen LogP contribution is -2.41. The Labute approximate surface area is 158 Å². The third-order valence-electron chi connectivity index (χ3n) is 4.56. The number of para-hydroxylation sites is 1. The predicted octanol–water partition coefficient (Wildman–Crippen LogP) is 3.91. The quantitative estimate of drug-likeness (QED) is 0.652. The van der Waals surface area contributed by atoms with Crippen LogP contribution in [0.2, 0.25) is 0 Å². The van der Waals surface area contributed by atoms with Crippen molar-refractivity contribution in [2.75, 3.05) is 5.75 Å². The van der Waals surface area contributed by atoms with Crippen LogP contribution < -0.4 is 10.9 Å². The summed E-state index contributed by atoms with van der Waals surface area (Å²) < 4.78 is 1.84. The molecule has 1 N–H and O–H groups in total. The Hall–Kier alpha value is -1.82. The van der Waals surface area contributed by atoms with E-state index in [2.05, 4.69) is 5.32 Å². The summed E-state index contributed by atoms with van der Waals surface area (Å²) in [4.78, 5) is 30.1. The number of amides is 1. The number of nitrogens with one attached hydrogen (secondary N) is 1. The first-order chi connectivity index (χ1) is 12.3. The molecule has 2 aromatic rings. The van der Waals surface area contributed by atoms with Gasteiger partial charge in [-0.3, -0.25) is 14.2 Å². The SMILES string of the molecule is CC(C)(C)NC(=O)CSc1nc2ccccc2c(=O)n1C1CCCCC1. The second kappa shape index (κ2) is 7.82. The van der Waals surface area contributed by atoms with Gasteiger partial charge in [-0.1, -0.05) is 43.2 Å². The summed E-state index contributed by atoms with van der Waals surface area (Å²) in [6.45, 7) is 5.88. The van der Waals surface area contributed by atoms with E-state index in [-0.39, 0.29) is 28.8 Å². The highest BCUT2D eigenvalue weighted by Gasteiger charge is 2.23. The number of hydrogen-bond donors (Lipinski definition) is 1. The number of thioether (sulfide) groups is 1. The molecule has 0 spiro atoms. The summed E-state index contributed by atoms with van der Waals surface area (Å²) in [6, 6.07) is 7.65. The minimum Gasteiger partial charge on any atom is -0.351 e. The van der Waals surface area contributed by atoms with Gasteiger partial charge in [0.2, 0.25) is 5.91 Å². The number of benzene rings is 1. The van der Waals surface area contributed by atoms with Crippen LogP contribution in [-0.2, 0) is 4.79 Å². The normalized spacial score (nSPS) is 16.0. The van der Waals surface area contributed by atoms with Crippen molar-refractivity contribution in [2.24, 2.45) is 0 Å². The molecule has 1 aliphatic carbocycles. The third-order valence-corrected chi connectivity index (χ3v) is 5.51. The van der Waals surface area contributed by atoms with Gasteiger partial charge in [-0.2, -0.15) is 0 Å². The van der Waals surface area contributed by atoms with Crippen molar-refractivity contribution in [2.45, 2.75) is 69.6 Å². The maximum absolute atomic E-state index is 13.1. The van der Waals surface area contributed by atoms with Crippen LogP contribution in [0.3, 0.4) is 0 Å². The summed E-state index contributed by atoms with van der Waals surface area (Å²) >= 11 is 1.36. The Morgan fingerprint density at radius 3 is 2.62 bits per heavy atom. The first-order valence-electron chi connectivity index (χ1n) is 9.30. The molecule has 140 valence electrons. The average Bonchev–Trinajstić information content (AvgIpc) is 2.59. The summed E-state index contributed by atoms with van der Waals surface area (Å²) in [6.07, 6.45) is 5.50. The smallest absolute Gasteiger partial charge is 0.262 e. The Bertz CT molecular complexity index is 848. The molecule has 0 saturated heterocycles. The van der Waals surface area contributed by atoms with Gasteiger partial charge in [-0.25, -0.2) is 4.98 Å². The van der Waals surface area contributed by atoms with Crippen molar-refractivity contribution in [1.29, 1.82) is 0 Å². The monoisotopic (exact) mass is 373 g/mol. The van der Waals surface area contributed by atoms with Crippen molar-refractivity contribution in [3.05, 3.63) is 34.6 Å². The number of aromatic nitrogens is 2. The molecule has 26 heavy (non-hydrogen) atoms. The predicted molar refractivity (Wildman–Crippen MR) is 107 cm³/mol. The highest BCUT2D eigenvalue weighted by atomic mass is 32.2. The van der Waals surface area contributed by atoms with Crippen LogP contribution in [0.4, 0.5) is 0 Å². The molecule has 1 saturated carbocycles. The largest absolute Gasteiger partial charge is 0.351 e. The molecule has 0 unspecified atom stereocenters. The number of rotatable bonds is 4. The minimum absolute atomic E-state index is 0.0150. The Morgan fingerprint density at radius 2 is 1.92 bits per heavy atom. The van der Waals surface area contributed by atoms with Crippen molar-refractivity contribution >= 4 is 28.6 Å². The van der Waals surface area contributed by atoms with Gasteiger partial charge in [0.15, 0.2) is 5.16 Å². The molecule has 0 aliphatic heterocycles. The zero-order chi connectivity index (χ0) is 18.7. The number of fused-ring (bicyclic) bond motifs is 1. The van der Waals surface area contributed by atoms with E-state index in [0.29, 0.717) is 16.1 Å². The van der Waals surface area contributed by atoms with E-state index in [0.717, 1.165) is 25.7 Å². The van der Waals surface area contributed by atoms with Crippen LogP contribution >= 0.6 is 11.8 Å². The molecule has 1 amide bonds. The Kier molecular flexibility index (Phi) is 5.70. The van der Waals surface area contributed by atoms with Crippen molar-refractivity contribution in [3.8, 4) is 0 Å². The molecule has 0 radical (unpaired) electrons. The molecule has 0 bridgehead atoms. The van der Waals surface area contributed by atoms with Gasteiger partial charge in [0.05, 0.1) is 16.7 Å². The second-order valence-corrected chi connectivity index (χ2v) is 8.91. The van der Waals surface area contributed by atoms with Gasteiger partial charge in [0, 0.05) is 11.6 Å². The van der Waals surface area contributed by atoms with Crippen LogP contribution in [0.1, 0.15) is 58.9 Å². The first kappa shape index (κ1) is 19.0. The Balaban J connectivity index is 1.94. The van der Waals surface area contributed by atoms with Crippen LogP contribution in [0, 0.1) is 0 Å². The molecule has 1 aliphatic rings. The van der Waals surface area contributed by atoms with E-state index >= 15 is 0 Å². The van der Waals surface area contributed by atoms with Gasteiger partial charge in [-0.15, -0.1) is 0 Å². The molecule has 1 aromatic heterocycles. The number of hydrogen-bond acceptors (Lipinski definition) is 4. The van der Waals surface area contributed by atoms with E-state index in [4.69, 9.17) is 4.98 Å². The van der Waals surface area contributed by atoms with Crippen LogP contribution in [0.5, 0.6) is 0 Å².